The first-order valence-electron chi connectivity index (χ1n) is 8.94. The quantitative estimate of drug-likeness (QED) is 0.450. The van der Waals surface area contributed by atoms with Crippen molar-refractivity contribution in [1.29, 1.82) is 0 Å². The van der Waals surface area contributed by atoms with E-state index in [1.165, 1.54) is 16.9 Å². The third-order valence-electron chi connectivity index (χ3n) is 4.48. The van der Waals surface area contributed by atoms with Crippen molar-refractivity contribution in [1.82, 2.24) is 9.55 Å². The maximum atomic E-state index is 13.0. The van der Waals surface area contributed by atoms with Crippen LogP contribution < -0.4 is 10.3 Å². The summed E-state index contributed by atoms with van der Waals surface area (Å²) in [5, 5.41) is 2.72. The standard InChI is InChI=1S/C22H20N2O2S/c1-16-8-10-17(11-9-16)19-14-27-21-20(19)22(25)24(15-23-21)12-5-13-26-18-6-3-2-4-7-18/h2-4,6-11,14-15H,5,12-13H2,1H3. The third-order valence-corrected chi connectivity index (χ3v) is 5.36. The highest BCUT2D eigenvalue weighted by Gasteiger charge is 2.13. The molecule has 0 aliphatic rings. The molecule has 5 heteroatoms. The Morgan fingerprint density at radius 3 is 2.63 bits per heavy atom. The summed E-state index contributed by atoms with van der Waals surface area (Å²) in [6.45, 7) is 3.20. The zero-order valence-corrected chi connectivity index (χ0v) is 15.9. The van der Waals surface area contributed by atoms with Crippen molar-refractivity contribution in [2.75, 3.05) is 6.61 Å². The van der Waals surface area contributed by atoms with Crippen molar-refractivity contribution < 1.29 is 4.74 Å². The van der Waals surface area contributed by atoms with E-state index in [-0.39, 0.29) is 5.56 Å². The van der Waals surface area contributed by atoms with E-state index in [0.29, 0.717) is 18.5 Å². The molecule has 136 valence electrons. The van der Waals surface area contributed by atoms with E-state index in [1.807, 2.05) is 35.7 Å². The molecule has 2 heterocycles. The minimum absolute atomic E-state index is 0.0107. The minimum Gasteiger partial charge on any atom is -0.494 e. The SMILES string of the molecule is Cc1ccc(-c2csc3ncn(CCCOc4ccccc4)c(=O)c23)cc1. The average molecular weight is 376 g/mol. The summed E-state index contributed by atoms with van der Waals surface area (Å²) in [6, 6.07) is 17.9. The molecule has 4 aromatic rings. The summed E-state index contributed by atoms with van der Waals surface area (Å²) >= 11 is 1.51. The molecule has 27 heavy (non-hydrogen) atoms. The van der Waals surface area contributed by atoms with Crippen molar-refractivity contribution in [2.24, 2.45) is 0 Å². The molecule has 0 radical (unpaired) electrons. The molecule has 0 atom stereocenters. The van der Waals surface area contributed by atoms with E-state index in [9.17, 15) is 4.79 Å². The van der Waals surface area contributed by atoms with Crippen LogP contribution in [0, 0.1) is 6.92 Å². The molecule has 4 nitrogen and oxygen atoms in total. The Morgan fingerprint density at radius 2 is 1.85 bits per heavy atom. The number of para-hydroxylation sites is 1. The largest absolute Gasteiger partial charge is 0.494 e. The molecule has 2 aromatic carbocycles. The number of rotatable bonds is 6. The number of nitrogens with zero attached hydrogens (tertiary/aromatic N) is 2. The van der Waals surface area contributed by atoms with Crippen LogP contribution in [0.15, 0.2) is 71.1 Å². The van der Waals surface area contributed by atoms with Crippen molar-refractivity contribution >= 4 is 21.6 Å². The summed E-state index contributed by atoms with van der Waals surface area (Å²) in [4.78, 5) is 18.3. The average Bonchev–Trinajstić information content (AvgIpc) is 3.13. The van der Waals surface area contributed by atoms with Gasteiger partial charge in [0, 0.05) is 17.5 Å². The van der Waals surface area contributed by atoms with Crippen LogP contribution in [0.3, 0.4) is 0 Å². The van der Waals surface area contributed by atoms with Crippen LogP contribution in [0.2, 0.25) is 0 Å². The Bertz CT molecular complexity index is 1100. The topological polar surface area (TPSA) is 44.1 Å². The Hall–Kier alpha value is -2.92. The fourth-order valence-corrected chi connectivity index (χ4v) is 3.92. The van der Waals surface area contributed by atoms with Crippen molar-refractivity contribution in [3.8, 4) is 16.9 Å². The fraction of sp³-hybridized carbons (Fsp3) is 0.182. The molecule has 0 bridgehead atoms. The second-order valence-electron chi connectivity index (χ2n) is 6.45. The number of hydrogen-bond donors (Lipinski definition) is 0. The van der Waals surface area contributed by atoms with Gasteiger partial charge in [-0.1, -0.05) is 48.0 Å². The van der Waals surface area contributed by atoms with Crippen LogP contribution in [-0.4, -0.2) is 16.2 Å². The molecule has 0 unspecified atom stereocenters. The smallest absolute Gasteiger partial charge is 0.262 e. The normalized spacial score (nSPS) is 11.0. The Balaban J connectivity index is 1.54. The highest BCUT2D eigenvalue weighted by molar-refractivity contribution is 7.17. The van der Waals surface area contributed by atoms with Gasteiger partial charge in [0.05, 0.1) is 18.3 Å². The van der Waals surface area contributed by atoms with E-state index in [4.69, 9.17) is 4.74 Å². The Kier molecular flexibility index (Phi) is 5.03. The Labute approximate surface area is 161 Å². The maximum absolute atomic E-state index is 13.0. The Morgan fingerprint density at radius 1 is 1.07 bits per heavy atom. The van der Waals surface area contributed by atoms with Crippen LogP contribution in [0.1, 0.15) is 12.0 Å². The van der Waals surface area contributed by atoms with Gasteiger partial charge in [-0.2, -0.15) is 0 Å². The molecule has 0 aliphatic heterocycles. The summed E-state index contributed by atoms with van der Waals surface area (Å²) in [5.74, 6) is 0.845. The molecule has 2 aromatic heterocycles. The monoisotopic (exact) mass is 376 g/mol. The van der Waals surface area contributed by atoms with Crippen LogP contribution in [0.25, 0.3) is 21.3 Å². The van der Waals surface area contributed by atoms with E-state index in [2.05, 4.69) is 36.2 Å². The van der Waals surface area contributed by atoms with Crippen molar-refractivity contribution in [3.63, 3.8) is 0 Å². The summed E-state index contributed by atoms with van der Waals surface area (Å²) in [5.41, 5.74) is 3.22. The first-order chi connectivity index (χ1) is 13.2. The second-order valence-corrected chi connectivity index (χ2v) is 7.31. The number of fused-ring (bicyclic) bond motifs is 1. The molecule has 0 saturated carbocycles. The number of thiophene rings is 1. The minimum atomic E-state index is 0.0107. The van der Waals surface area contributed by atoms with E-state index in [0.717, 1.165) is 28.1 Å². The molecule has 0 fully saturated rings. The van der Waals surface area contributed by atoms with Crippen molar-refractivity contribution in [3.05, 3.63) is 82.2 Å². The molecule has 0 saturated heterocycles. The molecule has 0 N–H and O–H groups in total. The molecular weight excluding hydrogens is 356 g/mol. The van der Waals surface area contributed by atoms with Crippen molar-refractivity contribution in [2.45, 2.75) is 19.9 Å². The van der Waals surface area contributed by atoms with E-state index < -0.39 is 0 Å². The molecule has 0 aliphatic carbocycles. The van der Waals surface area contributed by atoms with Gasteiger partial charge in [0.2, 0.25) is 0 Å². The first-order valence-corrected chi connectivity index (χ1v) is 9.82. The summed E-state index contributed by atoms with van der Waals surface area (Å²) in [6.07, 6.45) is 2.38. The van der Waals surface area contributed by atoms with E-state index >= 15 is 0 Å². The number of hydrogen-bond acceptors (Lipinski definition) is 4. The third kappa shape index (κ3) is 3.78. The van der Waals surface area contributed by atoms with Crippen LogP contribution in [0.5, 0.6) is 5.75 Å². The maximum Gasteiger partial charge on any atom is 0.262 e. The van der Waals surface area contributed by atoms with Gasteiger partial charge in [0.1, 0.15) is 10.6 Å². The first kappa shape index (κ1) is 17.5. The lowest BCUT2D eigenvalue weighted by atomic mass is 10.1. The van der Waals surface area contributed by atoms with Gasteiger partial charge in [-0.25, -0.2) is 4.98 Å². The predicted molar refractivity (Wildman–Crippen MR) is 111 cm³/mol. The predicted octanol–water partition coefficient (Wildman–Crippen LogP) is 4.90. The second kappa shape index (κ2) is 7.76. The highest BCUT2D eigenvalue weighted by atomic mass is 32.1. The van der Waals surface area contributed by atoms with Crippen LogP contribution in [-0.2, 0) is 6.54 Å². The van der Waals surface area contributed by atoms with Gasteiger partial charge in [0.25, 0.3) is 5.56 Å². The fourth-order valence-electron chi connectivity index (χ4n) is 3.01. The lowest BCUT2D eigenvalue weighted by Gasteiger charge is -2.08. The zero-order chi connectivity index (χ0) is 18.6. The molecule has 0 spiro atoms. The molecule has 0 amide bonds. The highest BCUT2D eigenvalue weighted by Crippen LogP contribution is 2.30. The number of ether oxygens (including phenoxy) is 1. The van der Waals surface area contributed by atoms with Gasteiger partial charge < -0.3 is 4.74 Å². The van der Waals surface area contributed by atoms with Crippen LogP contribution in [0.4, 0.5) is 0 Å². The van der Waals surface area contributed by atoms with Gasteiger partial charge in [-0.15, -0.1) is 11.3 Å². The molecule has 4 rings (SSSR count). The zero-order valence-electron chi connectivity index (χ0n) is 15.1. The number of benzene rings is 2. The van der Waals surface area contributed by atoms with Gasteiger partial charge in [-0.3, -0.25) is 9.36 Å². The molecular formula is C22H20N2O2S. The van der Waals surface area contributed by atoms with Crippen LogP contribution >= 0.6 is 11.3 Å². The summed E-state index contributed by atoms with van der Waals surface area (Å²) in [7, 11) is 0. The number of aromatic nitrogens is 2. The lowest BCUT2D eigenvalue weighted by Crippen LogP contribution is -2.21. The number of aryl methyl sites for hydroxylation is 2. The van der Waals surface area contributed by atoms with Gasteiger partial charge in [-0.05, 0) is 31.0 Å². The lowest BCUT2D eigenvalue weighted by molar-refractivity contribution is 0.301. The van der Waals surface area contributed by atoms with E-state index in [1.54, 1.807) is 10.9 Å². The summed E-state index contributed by atoms with van der Waals surface area (Å²) < 4.78 is 7.39. The van der Waals surface area contributed by atoms with Gasteiger partial charge >= 0.3 is 0 Å². The van der Waals surface area contributed by atoms with Gasteiger partial charge in [0.15, 0.2) is 0 Å².